The zero-order chi connectivity index (χ0) is 22.6. The Morgan fingerprint density at radius 2 is 1.50 bits per heavy atom. The Hall–Kier alpha value is -3.69. The number of benzene rings is 2. The second-order valence-corrected chi connectivity index (χ2v) is 7.19. The molecule has 1 aliphatic rings. The largest absolute Gasteiger partial charge is 0.573 e. The van der Waals surface area contributed by atoms with Crippen molar-refractivity contribution in [1.82, 2.24) is 9.97 Å². The van der Waals surface area contributed by atoms with E-state index in [0.29, 0.717) is 23.3 Å². The number of aromatic nitrogens is 2. The topological polar surface area (TPSA) is 71.5 Å². The van der Waals surface area contributed by atoms with Crippen molar-refractivity contribution < 1.29 is 22.6 Å². The number of methoxy groups -OCH3 is 1. The summed E-state index contributed by atoms with van der Waals surface area (Å²) < 4.78 is 46.8. The van der Waals surface area contributed by atoms with Gasteiger partial charge in [0.25, 0.3) is 0 Å². The van der Waals surface area contributed by atoms with Crippen molar-refractivity contribution in [3.63, 3.8) is 0 Å². The highest BCUT2D eigenvalue weighted by molar-refractivity contribution is 5.66. The molecule has 0 bridgehead atoms. The minimum absolute atomic E-state index is 0.312. The minimum atomic E-state index is -4.76. The Labute approximate surface area is 183 Å². The Bertz CT molecular complexity index is 1050. The molecule has 2 heterocycles. The fourth-order valence-electron chi connectivity index (χ4n) is 3.36. The molecule has 2 N–H and O–H groups in total. The molecule has 1 aliphatic heterocycles. The number of hydrogen-bond acceptors (Lipinski definition) is 7. The van der Waals surface area contributed by atoms with E-state index in [9.17, 15) is 13.2 Å². The summed E-state index contributed by atoms with van der Waals surface area (Å²) in [6.07, 6.45) is -2.65. The van der Waals surface area contributed by atoms with Crippen LogP contribution in [0.25, 0.3) is 0 Å². The maximum atomic E-state index is 12.5. The van der Waals surface area contributed by atoms with E-state index in [1.165, 1.54) is 18.2 Å². The molecule has 0 unspecified atom stereocenters. The van der Waals surface area contributed by atoms with Gasteiger partial charge < -0.3 is 25.0 Å². The molecule has 1 fully saturated rings. The van der Waals surface area contributed by atoms with Crippen LogP contribution in [-0.4, -0.2) is 36.5 Å². The molecule has 168 valence electrons. The number of nitrogens with one attached hydrogen (secondary N) is 2. The molecule has 1 saturated heterocycles. The van der Waals surface area contributed by atoms with E-state index >= 15 is 0 Å². The molecule has 0 spiro atoms. The van der Waals surface area contributed by atoms with E-state index < -0.39 is 6.36 Å². The number of hydrogen-bond donors (Lipinski definition) is 2. The van der Waals surface area contributed by atoms with Crippen LogP contribution in [0.15, 0.2) is 54.6 Å². The first kappa shape index (κ1) is 21.5. The number of alkyl halides is 3. The molecule has 0 aliphatic carbocycles. The molecule has 0 saturated carbocycles. The zero-order valence-corrected chi connectivity index (χ0v) is 17.3. The third-order valence-electron chi connectivity index (χ3n) is 4.81. The van der Waals surface area contributed by atoms with Crippen LogP contribution in [0, 0.1) is 0 Å². The second kappa shape index (κ2) is 9.21. The van der Waals surface area contributed by atoms with Crippen LogP contribution in [0.4, 0.5) is 42.1 Å². The van der Waals surface area contributed by atoms with E-state index in [2.05, 4.69) is 30.2 Å². The SMILES string of the molecule is COc1ccc(Nc2cc(Nc3cccc(OC(F)(F)F)c3)nc(N3CCCC3)n2)cc1. The first-order valence-electron chi connectivity index (χ1n) is 10.1. The van der Waals surface area contributed by atoms with Crippen molar-refractivity contribution in [2.75, 3.05) is 35.7 Å². The van der Waals surface area contributed by atoms with Crippen molar-refractivity contribution in [1.29, 1.82) is 0 Å². The monoisotopic (exact) mass is 445 g/mol. The molecular weight excluding hydrogens is 423 g/mol. The third-order valence-corrected chi connectivity index (χ3v) is 4.81. The first-order valence-corrected chi connectivity index (χ1v) is 10.1. The average Bonchev–Trinajstić information content (AvgIpc) is 3.28. The lowest BCUT2D eigenvalue weighted by molar-refractivity contribution is -0.274. The lowest BCUT2D eigenvalue weighted by atomic mass is 10.3. The van der Waals surface area contributed by atoms with Crippen molar-refractivity contribution >= 4 is 29.0 Å². The van der Waals surface area contributed by atoms with Gasteiger partial charge in [0.15, 0.2) is 0 Å². The molecule has 3 aromatic rings. The third kappa shape index (κ3) is 5.71. The summed E-state index contributed by atoms with van der Waals surface area (Å²) in [7, 11) is 1.60. The van der Waals surface area contributed by atoms with Crippen LogP contribution in [0.5, 0.6) is 11.5 Å². The minimum Gasteiger partial charge on any atom is -0.497 e. The maximum Gasteiger partial charge on any atom is 0.573 e. The fourth-order valence-corrected chi connectivity index (χ4v) is 3.36. The molecule has 2 aromatic carbocycles. The van der Waals surface area contributed by atoms with Crippen molar-refractivity contribution in [2.45, 2.75) is 19.2 Å². The van der Waals surface area contributed by atoms with Crippen LogP contribution in [0.2, 0.25) is 0 Å². The van der Waals surface area contributed by atoms with Gasteiger partial charge in [-0.2, -0.15) is 9.97 Å². The summed E-state index contributed by atoms with van der Waals surface area (Å²) in [4.78, 5) is 11.3. The lowest BCUT2D eigenvalue weighted by Crippen LogP contribution is -2.21. The van der Waals surface area contributed by atoms with E-state index in [-0.39, 0.29) is 5.75 Å². The van der Waals surface area contributed by atoms with Gasteiger partial charge in [0.2, 0.25) is 5.95 Å². The normalized spacial score (nSPS) is 13.7. The van der Waals surface area contributed by atoms with Crippen LogP contribution in [0.1, 0.15) is 12.8 Å². The van der Waals surface area contributed by atoms with Crippen molar-refractivity contribution in [3.8, 4) is 11.5 Å². The number of ether oxygens (including phenoxy) is 2. The van der Waals surface area contributed by atoms with Gasteiger partial charge in [-0.1, -0.05) is 6.07 Å². The van der Waals surface area contributed by atoms with Gasteiger partial charge in [-0.15, -0.1) is 13.2 Å². The van der Waals surface area contributed by atoms with E-state index in [4.69, 9.17) is 4.74 Å². The molecular formula is C22H22F3N5O2. The Balaban J connectivity index is 1.60. The smallest absolute Gasteiger partial charge is 0.497 e. The Morgan fingerprint density at radius 1 is 0.844 bits per heavy atom. The lowest BCUT2D eigenvalue weighted by Gasteiger charge is -2.18. The van der Waals surface area contributed by atoms with Crippen LogP contribution >= 0.6 is 0 Å². The van der Waals surface area contributed by atoms with Crippen molar-refractivity contribution in [2.24, 2.45) is 0 Å². The summed E-state index contributed by atoms with van der Waals surface area (Å²) >= 11 is 0. The quantitative estimate of drug-likeness (QED) is 0.500. The highest BCUT2D eigenvalue weighted by Crippen LogP contribution is 2.29. The summed E-state index contributed by atoms with van der Waals surface area (Å²) in [5, 5.41) is 6.29. The zero-order valence-electron chi connectivity index (χ0n) is 17.3. The number of anilines is 5. The molecule has 0 atom stereocenters. The fraction of sp³-hybridized carbons (Fsp3) is 0.273. The Morgan fingerprint density at radius 3 is 2.12 bits per heavy atom. The van der Waals surface area contributed by atoms with E-state index in [0.717, 1.165) is 37.4 Å². The van der Waals surface area contributed by atoms with Gasteiger partial charge in [-0.05, 0) is 49.2 Å². The molecule has 32 heavy (non-hydrogen) atoms. The summed E-state index contributed by atoms with van der Waals surface area (Å²) in [6.45, 7) is 1.70. The average molecular weight is 445 g/mol. The number of nitrogens with zero attached hydrogens (tertiary/aromatic N) is 3. The first-order chi connectivity index (χ1) is 15.4. The molecule has 10 heteroatoms. The molecule has 1 aromatic heterocycles. The standard InChI is InChI=1S/C22H22F3N5O2/c1-31-17-9-7-15(8-10-17)26-19-14-20(29-21(28-19)30-11-2-3-12-30)27-16-5-4-6-18(13-16)32-22(23,24)25/h4-10,13-14H,2-3,11-12H2,1H3,(H2,26,27,28,29). The highest BCUT2D eigenvalue weighted by Gasteiger charge is 2.31. The number of rotatable bonds is 7. The summed E-state index contributed by atoms with van der Waals surface area (Å²) in [5.41, 5.74) is 1.22. The van der Waals surface area contributed by atoms with Crippen LogP contribution in [0.3, 0.4) is 0 Å². The van der Waals surface area contributed by atoms with Gasteiger partial charge >= 0.3 is 6.36 Å². The summed E-state index contributed by atoms with van der Waals surface area (Å²) in [6, 6.07) is 14.7. The maximum absolute atomic E-state index is 12.5. The van der Waals surface area contributed by atoms with E-state index in [1.54, 1.807) is 19.2 Å². The highest BCUT2D eigenvalue weighted by atomic mass is 19.4. The summed E-state index contributed by atoms with van der Waals surface area (Å²) in [5.74, 6) is 1.97. The second-order valence-electron chi connectivity index (χ2n) is 7.19. The molecule has 0 radical (unpaired) electrons. The predicted molar refractivity (Wildman–Crippen MR) is 116 cm³/mol. The number of halogens is 3. The molecule has 4 rings (SSSR count). The van der Waals surface area contributed by atoms with Gasteiger partial charge in [0, 0.05) is 36.6 Å². The van der Waals surface area contributed by atoms with Gasteiger partial charge in [0.1, 0.15) is 23.1 Å². The van der Waals surface area contributed by atoms with E-state index in [1.807, 2.05) is 24.3 Å². The van der Waals surface area contributed by atoms with Gasteiger partial charge in [-0.3, -0.25) is 0 Å². The van der Waals surface area contributed by atoms with Crippen LogP contribution < -0.4 is 25.0 Å². The predicted octanol–water partition coefficient (Wildman–Crippen LogP) is 5.47. The Kier molecular flexibility index (Phi) is 6.20. The molecule has 7 nitrogen and oxygen atoms in total. The molecule has 0 amide bonds. The van der Waals surface area contributed by atoms with Gasteiger partial charge in [-0.25, -0.2) is 0 Å². The van der Waals surface area contributed by atoms with Gasteiger partial charge in [0.05, 0.1) is 7.11 Å². The van der Waals surface area contributed by atoms with Crippen molar-refractivity contribution in [3.05, 3.63) is 54.6 Å². The van der Waals surface area contributed by atoms with Crippen LogP contribution in [-0.2, 0) is 0 Å².